The number of aliphatic hydroxyl groups is 1. The van der Waals surface area contributed by atoms with E-state index in [1.54, 1.807) is 7.11 Å². The minimum absolute atomic E-state index is 0.0221. The molecule has 0 amide bonds. The van der Waals surface area contributed by atoms with Gasteiger partial charge in [0, 0.05) is 30.0 Å². The summed E-state index contributed by atoms with van der Waals surface area (Å²) in [6, 6.07) is 0.971. The lowest BCUT2D eigenvalue weighted by molar-refractivity contribution is -0.130. The van der Waals surface area contributed by atoms with E-state index < -0.39 is 0 Å². The van der Waals surface area contributed by atoms with Gasteiger partial charge in [0.15, 0.2) is 0 Å². The Balaban J connectivity index is 1.89. The summed E-state index contributed by atoms with van der Waals surface area (Å²) in [4.78, 5) is 0. The van der Waals surface area contributed by atoms with E-state index in [2.05, 4.69) is 33.0 Å². The monoisotopic (exact) mass is 227 g/mol. The van der Waals surface area contributed by atoms with E-state index in [4.69, 9.17) is 4.74 Å². The van der Waals surface area contributed by atoms with E-state index in [9.17, 15) is 5.11 Å². The quantitative estimate of drug-likeness (QED) is 0.768. The van der Waals surface area contributed by atoms with Crippen molar-refractivity contribution in [2.75, 3.05) is 7.11 Å². The van der Waals surface area contributed by atoms with Gasteiger partial charge in [-0.25, -0.2) is 0 Å². The fourth-order valence-corrected chi connectivity index (χ4v) is 3.00. The van der Waals surface area contributed by atoms with Crippen LogP contribution >= 0.6 is 0 Å². The van der Waals surface area contributed by atoms with Crippen LogP contribution in [0.25, 0.3) is 0 Å². The first-order valence-corrected chi connectivity index (χ1v) is 6.27. The second-order valence-corrected chi connectivity index (χ2v) is 6.63. The third-order valence-electron chi connectivity index (χ3n) is 5.08. The van der Waals surface area contributed by atoms with Crippen LogP contribution in [0.3, 0.4) is 0 Å². The van der Waals surface area contributed by atoms with E-state index in [0.29, 0.717) is 18.2 Å². The maximum atomic E-state index is 9.71. The van der Waals surface area contributed by atoms with Gasteiger partial charge in [-0.3, -0.25) is 0 Å². The molecule has 16 heavy (non-hydrogen) atoms. The summed E-state index contributed by atoms with van der Waals surface area (Å²) in [6.07, 6.45) is 2.20. The number of rotatable bonds is 3. The fraction of sp³-hybridized carbons (Fsp3) is 1.00. The zero-order valence-corrected chi connectivity index (χ0v) is 11.1. The summed E-state index contributed by atoms with van der Waals surface area (Å²) >= 11 is 0. The highest BCUT2D eigenvalue weighted by atomic mass is 16.5. The predicted octanol–water partition coefficient (Wildman–Crippen LogP) is 1.55. The van der Waals surface area contributed by atoms with Crippen molar-refractivity contribution in [1.29, 1.82) is 0 Å². The number of aliphatic hydroxyl groups excluding tert-OH is 1. The SMILES string of the molecule is COC1CC(NC2CC(O)C2(C)C)C1(C)C. The van der Waals surface area contributed by atoms with Crippen molar-refractivity contribution >= 4 is 0 Å². The first-order chi connectivity index (χ1) is 7.30. The first-order valence-electron chi connectivity index (χ1n) is 6.27. The van der Waals surface area contributed by atoms with E-state index in [1.807, 2.05) is 0 Å². The van der Waals surface area contributed by atoms with Gasteiger partial charge in [-0.15, -0.1) is 0 Å². The molecule has 4 atom stereocenters. The lowest BCUT2D eigenvalue weighted by atomic mass is 9.60. The van der Waals surface area contributed by atoms with Gasteiger partial charge in [-0.2, -0.15) is 0 Å². The molecule has 4 unspecified atom stereocenters. The lowest BCUT2D eigenvalue weighted by Crippen LogP contribution is -2.69. The summed E-state index contributed by atoms with van der Waals surface area (Å²) in [5.74, 6) is 0. The Hall–Kier alpha value is -0.120. The molecule has 2 aliphatic rings. The van der Waals surface area contributed by atoms with E-state index in [0.717, 1.165) is 12.8 Å². The smallest absolute Gasteiger partial charge is 0.0652 e. The third-order valence-corrected chi connectivity index (χ3v) is 5.08. The van der Waals surface area contributed by atoms with Crippen molar-refractivity contribution in [3.63, 3.8) is 0 Å². The lowest BCUT2D eigenvalue weighted by Gasteiger charge is -2.57. The number of ether oxygens (including phenoxy) is 1. The summed E-state index contributed by atoms with van der Waals surface area (Å²) < 4.78 is 5.45. The largest absolute Gasteiger partial charge is 0.392 e. The topological polar surface area (TPSA) is 41.5 Å². The van der Waals surface area contributed by atoms with Crippen LogP contribution in [-0.4, -0.2) is 36.5 Å². The van der Waals surface area contributed by atoms with Gasteiger partial charge in [0.1, 0.15) is 0 Å². The van der Waals surface area contributed by atoms with E-state index in [-0.39, 0.29) is 16.9 Å². The Kier molecular flexibility index (Phi) is 2.84. The fourth-order valence-electron chi connectivity index (χ4n) is 3.00. The maximum absolute atomic E-state index is 9.71. The van der Waals surface area contributed by atoms with Gasteiger partial charge in [-0.1, -0.05) is 27.7 Å². The van der Waals surface area contributed by atoms with Gasteiger partial charge in [0.2, 0.25) is 0 Å². The molecule has 3 nitrogen and oxygen atoms in total. The number of methoxy groups -OCH3 is 1. The number of nitrogens with one attached hydrogen (secondary N) is 1. The molecule has 2 fully saturated rings. The van der Waals surface area contributed by atoms with Crippen molar-refractivity contribution in [1.82, 2.24) is 5.32 Å². The Labute approximate surface area is 98.6 Å². The Morgan fingerprint density at radius 1 is 1.06 bits per heavy atom. The molecule has 2 saturated carbocycles. The van der Waals surface area contributed by atoms with Gasteiger partial charge in [0.25, 0.3) is 0 Å². The second kappa shape index (κ2) is 3.69. The molecular weight excluding hydrogens is 202 g/mol. The average Bonchev–Trinajstić information content (AvgIpc) is 2.21. The molecule has 0 aliphatic heterocycles. The van der Waals surface area contributed by atoms with E-state index >= 15 is 0 Å². The van der Waals surface area contributed by atoms with Crippen LogP contribution in [0, 0.1) is 10.8 Å². The van der Waals surface area contributed by atoms with Gasteiger partial charge >= 0.3 is 0 Å². The summed E-state index contributed by atoms with van der Waals surface area (Å²) in [6.45, 7) is 8.78. The highest BCUT2D eigenvalue weighted by Gasteiger charge is 2.54. The summed E-state index contributed by atoms with van der Waals surface area (Å²) in [5, 5.41) is 13.4. The first kappa shape index (κ1) is 12.3. The predicted molar refractivity (Wildman–Crippen MR) is 64.3 cm³/mol. The zero-order chi connectivity index (χ0) is 12.1. The molecule has 2 rings (SSSR count). The van der Waals surface area contributed by atoms with Crippen LogP contribution in [0.4, 0.5) is 0 Å². The molecule has 0 heterocycles. The summed E-state index contributed by atoms with van der Waals surface area (Å²) in [5.41, 5.74) is 0.236. The highest BCUT2D eigenvalue weighted by Crippen LogP contribution is 2.46. The molecule has 0 spiro atoms. The van der Waals surface area contributed by atoms with Crippen molar-refractivity contribution in [3.05, 3.63) is 0 Å². The van der Waals surface area contributed by atoms with Gasteiger partial charge < -0.3 is 15.2 Å². The van der Waals surface area contributed by atoms with Crippen molar-refractivity contribution in [2.24, 2.45) is 10.8 Å². The van der Waals surface area contributed by atoms with Crippen molar-refractivity contribution in [2.45, 2.75) is 64.8 Å². The second-order valence-electron chi connectivity index (χ2n) is 6.63. The molecule has 0 bridgehead atoms. The summed E-state index contributed by atoms with van der Waals surface area (Å²) in [7, 11) is 1.79. The normalized spacial score (nSPS) is 44.6. The van der Waals surface area contributed by atoms with Crippen LogP contribution in [0.15, 0.2) is 0 Å². The van der Waals surface area contributed by atoms with Crippen molar-refractivity contribution in [3.8, 4) is 0 Å². The molecule has 0 aromatic rings. The Morgan fingerprint density at radius 3 is 2.00 bits per heavy atom. The van der Waals surface area contributed by atoms with Crippen LogP contribution in [0.5, 0.6) is 0 Å². The van der Waals surface area contributed by atoms with Crippen LogP contribution in [0.1, 0.15) is 40.5 Å². The van der Waals surface area contributed by atoms with Crippen LogP contribution in [-0.2, 0) is 4.74 Å². The van der Waals surface area contributed by atoms with Gasteiger partial charge in [-0.05, 0) is 12.8 Å². The molecule has 0 aromatic heterocycles. The standard InChI is InChI=1S/C13H25NO2/c1-12(2)8(6-10(12)15)14-9-7-11(16-5)13(9,3)4/h8-11,14-15H,6-7H2,1-5H3. The third kappa shape index (κ3) is 1.60. The van der Waals surface area contributed by atoms with Crippen molar-refractivity contribution < 1.29 is 9.84 Å². The van der Waals surface area contributed by atoms with Gasteiger partial charge in [0.05, 0.1) is 12.2 Å². The van der Waals surface area contributed by atoms with Crippen LogP contribution < -0.4 is 5.32 Å². The minimum atomic E-state index is -0.147. The molecule has 0 radical (unpaired) electrons. The molecule has 3 heteroatoms. The molecule has 0 aromatic carbocycles. The molecular formula is C13H25NO2. The average molecular weight is 227 g/mol. The molecule has 0 saturated heterocycles. The number of hydrogen-bond donors (Lipinski definition) is 2. The molecule has 94 valence electrons. The molecule has 2 N–H and O–H groups in total. The zero-order valence-electron chi connectivity index (χ0n) is 11.1. The number of hydrogen-bond acceptors (Lipinski definition) is 3. The van der Waals surface area contributed by atoms with E-state index in [1.165, 1.54) is 0 Å². The Bertz CT molecular complexity index is 275. The Morgan fingerprint density at radius 2 is 1.62 bits per heavy atom. The highest BCUT2D eigenvalue weighted by molar-refractivity contribution is 5.09. The minimum Gasteiger partial charge on any atom is -0.392 e. The van der Waals surface area contributed by atoms with Crippen LogP contribution in [0.2, 0.25) is 0 Å². The maximum Gasteiger partial charge on any atom is 0.0652 e. The molecule has 2 aliphatic carbocycles.